The van der Waals surface area contributed by atoms with Gasteiger partial charge >= 0.3 is 5.97 Å². The molecule has 0 aromatic heterocycles. The number of halogens is 1. The Bertz CT molecular complexity index is 131. The third kappa shape index (κ3) is 3.55. The molecule has 0 aliphatic heterocycles. The molecule has 0 bridgehead atoms. The molecule has 0 rings (SSSR count). The molecule has 1 atom stereocenters. The van der Waals surface area contributed by atoms with Crippen molar-refractivity contribution in [1.82, 2.24) is 0 Å². The third-order valence-corrected chi connectivity index (χ3v) is 1.44. The smallest absolute Gasteiger partial charge is 0.337 e. The summed E-state index contributed by atoms with van der Waals surface area (Å²) in [5, 5.41) is 8.56. The summed E-state index contributed by atoms with van der Waals surface area (Å²) in [6.45, 7) is 3.33. The number of carboxylic acid groups (broad SMARTS) is 1. The zero-order chi connectivity index (χ0) is 8.20. The Morgan fingerprint density at radius 1 is 1.73 bits per heavy atom. The molecule has 0 radical (unpaired) electrons. The van der Waals surface area contributed by atoms with Gasteiger partial charge < -0.3 is 5.11 Å². The van der Waals surface area contributed by atoms with Crippen LogP contribution in [-0.4, -0.2) is 16.7 Å². The molecule has 11 heavy (non-hydrogen) atoms. The highest BCUT2D eigenvalue weighted by atomic mass is 35.5. The van der Waals surface area contributed by atoms with Gasteiger partial charge in [-0.2, -0.15) is 0 Å². The zero-order valence-electron chi connectivity index (χ0n) is 6.66. The molecule has 68 valence electrons. The van der Waals surface area contributed by atoms with E-state index in [0.717, 1.165) is 6.42 Å². The molecule has 0 amide bonds. The lowest BCUT2D eigenvalue weighted by Crippen LogP contribution is -2.40. The number of hydrogen-bond donors (Lipinski definition) is 2. The Morgan fingerprint density at radius 3 is 2.27 bits per heavy atom. The summed E-state index contributed by atoms with van der Waals surface area (Å²) in [4.78, 5) is 14.8. The van der Waals surface area contributed by atoms with Gasteiger partial charge in [-0.25, -0.2) is 10.7 Å². The van der Waals surface area contributed by atoms with Crippen molar-refractivity contribution in [3.8, 4) is 0 Å². The van der Waals surface area contributed by atoms with Gasteiger partial charge in [0.1, 0.15) is 0 Å². The molecule has 4 nitrogen and oxygen atoms in total. The second-order valence-electron chi connectivity index (χ2n) is 2.40. The summed E-state index contributed by atoms with van der Waals surface area (Å²) >= 11 is 0. The van der Waals surface area contributed by atoms with Crippen molar-refractivity contribution < 1.29 is 14.7 Å². The van der Waals surface area contributed by atoms with Gasteiger partial charge in [-0.3, -0.25) is 4.84 Å². The second-order valence-corrected chi connectivity index (χ2v) is 2.40. The van der Waals surface area contributed by atoms with Crippen molar-refractivity contribution in [2.75, 3.05) is 0 Å². The van der Waals surface area contributed by atoms with Crippen LogP contribution in [0.3, 0.4) is 0 Å². The molecule has 0 aliphatic rings. The predicted octanol–water partition coefficient (Wildman–Crippen LogP) is 0.942. The number of nitrogens with two attached hydrogens (primary N) is 1. The number of aliphatic carboxylic acids is 1. The number of rotatable bonds is 4. The quantitative estimate of drug-likeness (QED) is 0.637. The maximum absolute atomic E-state index is 10.4. The summed E-state index contributed by atoms with van der Waals surface area (Å²) in [5.74, 6) is 3.80. The minimum absolute atomic E-state index is 0. The molecule has 0 aliphatic carbocycles. The molecule has 0 heterocycles. The van der Waals surface area contributed by atoms with E-state index in [1.807, 2.05) is 6.92 Å². The molecule has 3 N–H and O–H groups in total. The van der Waals surface area contributed by atoms with Crippen LogP contribution >= 0.6 is 12.4 Å². The van der Waals surface area contributed by atoms with Crippen LogP contribution in [0.2, 0.25) is 0 Å². The zero-order valence-corrected chi connectivity index (χ0v) is 7.48. The standard InChI is InChI=1S/C6H13NO3.ClH/c1-3-4-6(2,10-7)5(8)9;/h3-4,7H2,1-2H3,(H,8,9);1H. The van der Waals surface area contributed by atoms with E-state index in [-0.39, 0.29) is 12.4 Å². The maximum atomic E-state index is 10.4. The molecular weight excluding hydrogens is 170 g/mol. The predicted molar refractivity (Wildman–Crippen MR) is 43.5 cm³/mol. The van der Waals surface area contributed by atoms with E-state index >= 15 is 0 Å². The van der Waals surface area contributed by atoms with Crippen LogP contribution in [0.4, 0.5) is 0 Å². The van der Waals surface area contributed by atoms with E-state index in [9.17, 15) is 4.79 Å². The van der Waals surface area contributed by atoms with E-state index in [1.165, 1.54) is 6.92 Å². The van der Waals surface area contributed by atoms with Crippen molar-refractivity contribution >= 4 is 18.4 Å². The highest BCUT2D eigenvalue weighted by Crippen LogP contribution is 2.14. The fraction of sp³-hybridized carbons (Fsp3) is 0.833. The molecule has 0 saturated carbocycles. The minimum Gasteiger partial charge on any atom is -0.479 e. The van der Waals surface area contributed by atoms with Gasteiger partial charge in [-0.05, 0) is 13.3 Å². The number of carboxylic acids is 1. The first-order valence-electron chi connectivity index (χ1n) is 3.18. The average Bonchev–Trinajstić information content (AvgIpc) is 1.88. The van der Waals surface area contributed by atoms with E-state index in [4.69, 9.17) is 11.0 Å². The minimum atomic E-state index is -1.21. The Labute approximate surface area is 72.1 Å². The Morgan fingerprint density at radius 2 is 2.18 bits per heavy atom. The van der Waals surface area contributed by atoms with Crippen LogP contribution in [0.1, 0.15) is 26.7 Å². The van der Waals surface area contributed by atoms with E-state index in [1.54, 1.807) is 0 Å². The third-order valence-electron chi connectivity index (χ3n) is 1.44. The van der Waals surface area contributed by atoms with E-state index < -0.39 is 11.6 Å². The number of hydrogen-bond acceptors (Lipinski definition) is 3. The van der Waals surface area contributed by atoms with Crippen LogP contribution in [0.25, 0.3) is 0 Å². The van der Waals surface area contributed by atoms with Crippen LogP contribution in [0, 0.1) is 0 Å². The summed E-state index contributed by atoms with van der Waals surface area (Å²) in [7, 11) is 0. The van der Waals surface area contributed by atoms with E-state index in [0.29, 0.717) is 6.42 Å². The molecule has 0 spiro atoms. The van der Waals surface area contributed by atoms with Crippen LogP contribution in [0.5, 0.6) is 0 Å². The Kier molecular flexibility index (Phi) is 6.46. The first kappa shape index (κ1) is 13.3. The van der Waals surface area contributed by atoms with Crippen molar-refractivity contribution in [1.29, 1.82) is 0 Å². The number of carbonyl (C=O) groups is 1. The van der Waals surface area contributed by atoms with Gasteiger partial charge in [0, 0.05) is 0 Å². The lowest BCUT2D eigenvalue weighted by molar-refractivity contribution is -0.165. The highest BCUT2D eigenvalue weighted by Gasteiger charge is 2.32. The fourth-order valence-corrected chi connectivity index (χ4v) is 0.693. The van der Waals surface area contributed by atoms with Gasteiger partial charge in [0.15, 0.2) is 5.60 Å². The molecule has 5 heteroatoms. The normalized spacial score (nSPS) is 14.8. The molecule has 0 fully saturated rings. The lowest BCUT2D eigenvalue weighted by Gasteiger charge is -2.20. The van der Waals surface area contributed by atoms with Crippen molar-refractivity contribution in [3.63, 3.8) is 0 Å². The van der Waals surface area contributed by atoms with Crippen molar-refractivity contribution in [2.45, 2.75) is 32.3 Å². The summed E-state index contributed by atoms with van der Waals surface area (Å²) in [6, 6.07) is 0. The largest absolute Gasteiger partial charge is 0.479 e. The van der Waals surface area contributed by atoms with Crippen LogP contribution in [0.15, 0.2) is 0 Å². The van der Waals surface area contributed by atoms with Gasteiger partial charge in [0.2, 0.25) is 0 Å². The van der Waals surface area contributed by atoms with Gasteiger partial charge in [-0.15, -0.1) is 12.4 Å². The molecular formula is C6H14ClNO3. The van der Waals surface area contributed by atoms with E-state index in [2.05, 4.69) is 4.84 Å². The van der Waals surface area contributed by atoms with Gasteiger partial charge in [0.25, 0.3) is 0 Å². The summed E-state index contributed by atoms with van der Waals surface area (Å²) in [6.07, 6.45) is 1.17. The van der Waals surface area contributed by atoms with Gasteiger partial charge in [-0.1, -0.05) is 13.3 Å². The topological polar surface area (TPSA) is 72.5 Å². The first-order valence-corrected chi connectivity index (χ1v) is 3.18. The van der Waals surface area contributed by atoms with Crippen molar-refractivity contribution in [3.05, 3.63) is 0 Å². The second kappa shape index (κ2) is 5.35. The monoisotopic (exact) mass is 183 g/mol. The van der Waals surface area contributed by atoms with Crippen LogP contribution < -0.4 is 5.90 Å². The molecule has 0 aromatic rings. The fourth-order valence-electron chi connectivity index (χ4n) is 0.693. The molecule has 0 aromatic carbocycles. The van der Waals surface area contributed by atoms with Gasteiger partial charge in [0.05, 0.1) is 0 Å². The SMILES string of the molecule is CCCC(C)(ON)C(=O)O.Cl. The Balaban J connectivity index is 0. The summed E-state index contributed by atoms with van der Waals surface area (Å²) < 4.78 is 0. The van der Waals surface area contributed by atoms with Crippen LogP contribution in [-0.2, 0) is 9.63 Å². The lowest BCUT2D eigenvalue weighted by atomic mass is 10.0. The Hall–Kier alpha value is -0.320. The average molecular weight is 184 g/mol. The molecule has 1 unspecified atom stereocenters. The molecule has 0 saturated heterocycles. The maximum Gasteiger partial charge on any atom is 0.337 e. The first-order chi connectivity index (χ1) is 4.56. The summed E-state index contributed by atoms with van der Waals surface area (Å²) in [5.41, 5.74) is -1.21. The highest BCUT2D eigenvalue weighted by molar-refractivity contribution is 5.85. The van der Waals surface area contributed by atoms with Crippen molar-refractivity contribution in [2.24, 2.45) is 5.90 Å².